The van der Waals surface area contributed by atoms with Gasteiger partial charge in [-0.05, 0) is 31.9 Å². The molecule has 3 N–H and O–H groups in total. The highest BCUT2D eigenvalue weighted by molar-refractivity contribution is 5.47. The van der Waals surface area contributed by atoms with Crippen LogP contribution in [-0.2, 0) is 0 Å². The van der Waals surface area contributed by atoms with Crippen molar-refractivity contribution in [1.29, 1.82) is 0 Å². The molecule has 1 heterocycles. The molecule has 0 aliphatic carbocycles. The van der Waals surface area contributed by atoms with E-state index in [0.29, 0.717) is 18.3 Å². The molecule has 1 aromatic carbocycles. The Kier molecular flexibility index (Phi) is 5.23. The predicted octanol–water partition coefficient (Wildman–Crippen LogP) is 2.96. The fourth-order valence-corrected chi connectivity index (χ4v) is 3.07. The molecule has 1 fully saturated rings. The first kappa shape index (κ1) is 14.4. The van der Waals surface area contributed by atoms with Crippen molar-refractivity contribution in [2.24, 2.45) is 0 Å². The maximum absolute atomic E-state index is 10.4. The van der Waals surface area contributed by atoms with E-state index in [-0.39, 0.29) is 0 Å². The van der Waals surface area contributed by atoms with Crippen LogP contribution in [0.1, 0.15) is 50.7 Å². The third-order valence-electron chi connectivity index (χ3n) is 4.23. The van der Waals surface area contributed by atoms with E-state index >= 15 is 0 Å². The lowest BCUT2D eigenvalue weighted by Gasteiger charge is -2.31. The Hall–Kier alpha value is -1.06. The monoisotopic (exact) mass is 262 g/mol. The van der Waals surface area contributed by atoms with E-state index in [4.69, 9.17) is 5.73 Å². The molecule has 1 saturated heterocycles. The molecule has 2 unspecified atom stereocenters. The molecule has 106 valence electrons. The minimum atomic E-state index is -0.478. The fraction of sp³-hybridized carbons (Fsp3) is 0.625. The molecule has 2 rings (SSSR count). The van der Waals surface area contributed by atoms with E-state index in [1.165, 1.54) is 25.7 Å². The van der Waals surface area contributed by atoms with Gasteiger partial charge in [0, 0.05) is 23.8 Å². The van der Waals surface area contributed by atoms with Gasteiger partial charge in [-0.1, -0.05) is 38.0 Å². The lowest BCUT2D eigenvalue weighted by atomic mass is 10.0. The Balaban J connectivity index is 2.04. The molecule has 0 bridgehead atoms. The van der Waals surface area contributed by atoms with E-state index in [0.717, 1.165) is 18.5 Å². The molecule has 1 aliphatic rings. The minimum Gasteiger partial charge on any atom is -0.398 e. The maximum atomic E-state index is 10.4. The van der Waals surface area contributed by atoms with Gasteiger partial charge in [-0.2, -0.15) is 0 Å². The zero-order valence-electron chi connectivity index (χ0n) is 11.9. The predicted molar refractivity (Wildman–Crippen MR) is 79.9 cm³/mol. The number of para-hydroxylation sites is 1. The van der Waals surface area contributed by atoms with E-state index in [9.17, 15) is 5.11 Å². The van der Waals surface area contributed by atoms with Crippen molar-refractivity contribution in [2.45, 2.75) is 51.2 Å². The van der Waals surface area contributed by atoms with Crippen LogP contribution in [0.25, 0.3) is 0 Å². The second-order valence-corrected chi connectivity index (χ2v) is 5.55. The van der Waals surface area contributed by atoms with Crippen LogP contribution >= 0.6 is 0 Å². The summed E-state index contributed by atoms with van der Waals surface area (Å²) in [6.45, 7) is 4.04. The van der Waals surface area contributed by atoms with Crippen LogP contribution in [0, 0.1) is 0 Å². The van der Waals surface area contributed by atoms with Crippen LogP contribution in [-0.4, -0.2) is 29.1 Å². The van der Waals surface area contributed by atoms with Crippen LogP contribution < -0.4 is 5.73 Å². The molecular weight excluding hydrogens is 236 g/mol. The Morgan fingerprint density at radius 1 is 1.32 bits per heavy atom. The molecule has 0 spiro atoms. The fourth-order valence-electron chi connectivity index (χ4n) is 3.07. The number of anilines is 1. The van der Waals surface area contributed by atoms with Crippen LogP contribution in [0.5, 0.6) is 0 Å². The van der Waals surface area contributed by atoms with Gasteiger partial charge in [0.15, 0.2) is 0 Å². The molecule has 0 radical (unpaired) electrons. The highest BCUT2D eigenvalue weighted by atomic mass is 16.3. The molecule has 2 atom stereocenters. The van der Waals surface area contributed by atoms with Crippen molar-refractivity contribution in [2.75, 3.05) is 18.8 Å². The minimum absolute atomic E-state index is 0.478. The van der Waals surface area contributed by atoms with Gasteiger partial charge >= 0.3 is 0 Å². The molecule has 0 saturated carbocycles. The third kappa shape index (κ3) is 3.71. The number of nitrogen functional groups attached to an aromatic ring is 1. The van der Waals surface area contributed by atoms with Gasteiger partial charge in [-0.3, -0.25) is 4.90 Å². The average Bonchev–Trinajstić information content (AvgIpc) is 2.64. The quantitative estimate of drug-likeness (QED) is 0.820. The molecule has 3 nitrogen and oxygen atoms in total. The van der Waals surface area contributed by atoms with Gasteiger partial charge in [-0.25, -0.2) is 0 Å². The van der Waals surface area contributed by atoms with Crippen molar-refractivity contribution in [3.8, 4) is 0 Å². The maximum Gasteiger partial charge on any atom is 0.0936 e. The molecule has 3 heteroatoms. The van der Waals surface area contributed by atoms with Gasteiger partial charge in [0.25, 0.3) is 0 Å². The summed E-state index contributed by atoms with van der Waals surface area (Å²) in [4.78, 5) is 2.45. The highest BCUT2D eigenvalue weighted by Crippen LogP contribution is 2.25. The summed E-state index contributed by atoms with van der Waals surface area (Å²) in [5.41, 5.74) is 7.50. The first-order chi connectivity index (χ1) is 9.22. The number of aliphatic hydroxyl groups excluding tert-OH is 1. The van der Waals surface area contributed by atoms with Gasteiger partial charge in [0.2, 0.25) is 0 Å². The Bertz CT molecular complexity index is 394. The average molecular weight is 262 g/mol. The number of β-amino-alcohol motifs (C(OH)–C–C–N with tert-alkyl or cyclic N) is 1. The summed E-state index contributed by atoms with van der Waals surface area (Å²) in [5.74, 6) is 0. The number of nitrogens with two attached hydrogens (primary N) is 1. The molecule has 1 aromatic rings. The van der Waals surface area contributed by atoms with Crippen LogP contribution in [0.2, 0.25) is 0 Å². The molecule has 0 amide bonds. The van der Waals surface area contributed by atoms with Crippen molar-refractivity contribution in [3.63, 3.8) is 0 Å². The standard InChI is InChI=1S/C16H26N2O/c1-2-13-8-4-3-7-11-18(13)12-16(19)14-9-5-6-10-15(14)17/h5-6,9-10,13,16,19H,2-4,7-8,11-12,17H2,1H3. The molecule has 1 aliphatic heterocycles. The van der Waals surface area contributed by atoms with Crippen LogP contribution in [0.4, 0.5) is 5.69 Å². The Morgan fingerprint density at radius 3 is 2.84 bits per heavy atom. The number of nitrogens with zero attached hydrogens (tertiary/aromatic N) is 1. The van der Waals surface area contributed by atoms with E-state index in [2.05, 4.69) is 11.8 Å². The van der Waals surface area contributed by atoms with Crippen LogP contribution in [0.15, 0.2) is 24.3 Å². The normalized spacial score (nSPS) is 22.9. The number of likely N-dealkylation sites (tertiary alicyclic amines) is 1. The number of benzene rings is 1. The smallest absolute Gasteiger partial charge is 0.0936 e. The highest BCUT2D eigenvalue weighted by Gasteiger charge is 2.22. The Labute approximate surface area is 116 Å². The van der Waals surface area contributed by atoms with Crippen molar-refractivity contribution in [3.05, 3.63) is 29.8 Å². The SMILES string of the molecule is CCC1CCCCCN1CC(O)c1ccccc1N. The summed E-state index contributed by atoms with van der Waals surface area (Å²) in [7, 11) is 0. The molecule has 19 heavy (non-hydrogen) atoms. The van der Waals surface area contributed by atoms with Gasteiger partial charge in [0.05, 0.1) is 6.10 Å². The van der Waals surface area contributed by atoms with Crippen molar-refractivity contribution >= 4 is 5.69 Å². The summed E-state index contributed by atoms with van der Waals surface area (Å²) in [6.07, 6.45) is 5.82. The summed E-state index contributed by atoms with van der Waals surface area (Å²) in [6, 6.07) is 8.25. The van der Waals surface area contributed by atoms with E-state index < -0.39 is 6.10 Å². The first-order valence-electron chi connectivity index (χ1n) is 7.49. The van der Waals surface area contributed by atoms with Crippen molar-refractivity contribution < 1.29 is 5.11 Å². The van der Waals surface area contributed by atoms with Crippen LogP contribution in [0.3, 0.4) is 0 Å². The Morgan fingerprint density at radius 2 is 2.11 bits per heavy atom. The number of hydrogen-bond acceptors (Lipinski definition) is 3. The van der Waals surface area contributed by atoms with E-state index in [1.54, 1.807) is 0 Å². The van der Waals surface area contributed by atoms with Gasteiger partial charge < -0.3 is 10.8 Å². The second kappa shape index (κ2) is 6.92. The lowest BCUT2D eigenvalue weighted by molar-refractivity contribution is 0.0869. The number of aliphatic hydroxyl groups is 1. The van der Waals surface area contributed by atoms with Gasteiger partial charge in [0.1, 0.15) is 0 Å². The lowest BCUT2D eigenvalue weighted by Crippen LogP contribution is -2.37. The zero-order chi connectivity index (χ0) is 13.7. The number of rotatable bonds is 4. The molecule has 0 aromatic heterocycles. The van der Waals surface area contributed by atoms with Gasteiger partial charge in [-0.15, -0.1) is 0 Å². The molecular formula is C16H26N2O. The topological polar surface area (TPSA) is 49.5 Å². The summed E-state index contributed by atoms with van der Waals surface area (Å²) >= 11 is 0. The van der Waals surface area contributed by atoms with E-state index in [1.807, 2.05) is 24.3 Å². The second-order valence-electron chi connectivity index (χ2n) is 5.55. The van der Waals surface area contributed by atoms with Crippen molar-refractivity contribution in [1.82, 2.24) is 4.90 Å². The summed E-state index contributed by atoms with van der Waals surface area (Å²) < 4.78 is 0. The summed E-state index contributed by atoms with van der Waals surface area (Å²) in [5, 5.41) is 10.4. The largest absolute Gasteiger partial charge is 0.398 e. The number of hydrogen-bond donors (Lipinski definition) is 2. The third-order valence-corrected chi connectivity index (χ3v) is 4.23. The zero-order valence-corrected chi connectivity index (χ0v) is 11.9. The first-order valence-corrected chi connectivity index (χ1v) is 7.49.